The molecule has 3 N–H and O–H groups in total. The third-order valence-electron chi connectivity index (χ3n) is 3.30. The summed E-state index contributed by atoms with van der Waals surface area (Å²) >= 11 is 0. The van der Waals surface area contributed by atoms with E-state index in [1.807, 2.05) is 34.6 Å². The lowest BCUT2D eigenvalue weighted by molar-refractivity contribution is -0.131. The van der Waals surface area contributed by atoms with E-state index in [-0.39, 0.29) is 41.7 Å². The fourth-order valence-electron chi connectivity index (χ4n) is 2.05. The number of nitrogens with zero attached hydrogens (tertiary/aromatic N) is 1. The highest BCUT2D eigenvalue weighted by Gasteiger charge is 2.37. The summed E-state index contributed by atoms with van der Waals surface area (Å²) in [5.41, 5.74) is 5.58. The van der Waals surface area contributed by atoms with Gasteiger partial charge in [0.15, 0.2) is 0 Å². The van der Waals surface area contributed by atoms with E-state index >= 15 is 0 Å². The molecule has 1 rings (SSSR count). The molecule has 1 fully saturated rings. The molecule has 1 unspecified atom stereocenters. The van der Waals surface area contributed by atoms with E-state index in [9.17, 15) is 9.59 Å². The lowest BCUT2D eigenvalue weighted by Crippen LogP contribution is -2.49. The molecule has 2 atom stereocenters. The number of carbonyl (C=O) groups is 2. The maximum Gasteiger partial charge on any atom is 0.237 e. The molecule has 1 aliphatic heterocycles. The van der Waals surface area contributed by atoms with Crippen LogP contribution in [-0.4, -0.2) is 40.9 Å². The second kappa shape index (κ2) is 6.57. The molecular formula is C13H26ClN3O2. The van der Waals surface area contributed by atoms with Crippen LogP contribution < -0.4 is 11.1 Å². The third-order valence-corrected chi connectivity index (χ3v) is 3.30. The number of nitrogens with two attached hydrogens (primary N) is 1. The van der Waals surface area contributed by atoms with Crippen LogP contribution in [0.15, 0.2) is 0 Å². The van der Waals surface area contributed by atoms with Crippen LogP contribution in [0.3, 0.4) is 0 Å². The maximum absolute atomic E-state index is 11.9. The van der Waals surface area contributed by atoms with E-state index < -0.39 is 6.04 Å². The molecule has 2 amide bonds. The first-order valence-electron chi connectivity index (χ1n) is 6.49. The Balaban J connectivity index is 0.00000324. The van der Waals surface area contributed by atoms with Gasteiger partial charge in [0.05, 0.1) is 12.1 Å². The topological polar surface area (TPSA) is 75.4 Å². The van der Waals surface area contributed by atoms with Crippen molar-refractivity contribution in [2.45, 2.75) is 58.7 Å². The van der Waals surface area contributed by atoms with Gasteiger partial charge in [0.2, 0.25) is 11.8 Å². The van der Waals surface area contributed by atoms with Crippen LogP contribution in [0.1, 0.15) is 41.0 Å². The van der Waals surface area contributed by atoms with Crippen molar-refractivity contribution in [2.24, 2.45) is 11.7 Å². The highest BCUT2D eigenvalue weighted by atomic mass is 35.5. The average Bonchev–Trinajstić information content (AvgIpc) is 2.57. The number of rotatable bonds is 3. The van der Waals surface area contributed by atoms with Crippen molar-refractivity contribution in [3.63, 3.8) is 0 Å². The van der Waals surface area contributed by atoms with E-state index in [0.717, 1.165) is 0 Å². The fraction of sp³-hybridized carbons (Fsp3) is 0.846. The minimum absolute atomic E-state index is 0. The van der Waals surface area contributed by atoms with Gasteiger partial charge in [-0.05, 0) is 26.7 Å². The molecule has 1 heterocycles. The predicted octanol–water partition coefficient (Wildman–Crippen LogP) is 0.907. The van der Waals surface area contributed by atoms with Crippen molar-refractivity contribution in [3.8, 4) is 0 Å². The largest absolute Gasteiger partial charge is 0.350 e. The van der Waals surface area contributed by atoms with Crippen molar-refractivity contribution in [1.29, 1.82) is 0 Å². The van der Waals surface area contributed by atoms with Gasteiger partial charge in [-0.25, -0.2) is 0 Å². The molecule has 0 aromatic carbocycles. The summed E-state index contributed by atoms with van der Waals surface area (Å²) in [6, 6.07) is -0.627. The molecule has 0 aromatic rings. The zero-order valence-electron chi connectivity index (χ0n) is 12.4. The first kappa shape index (κ1) is 18.2. The third kappa shape index (κ3) is 4.66. The zero-order chi connectivity index (χ0) is 14.1. The molecule has 0 aromatic heterocycles. The lowest BCUT2D eigenvalue weighted by Gasteiger charge is -2.32. The Morgan fingerprint density at radius 2 is 1.95 bits per heavy atom. The van der Waals surface area contributed by atoms with Crippen LogP contribution in [0.25, 0.3) is 0 Å². The SMILES string of the molecule is CC(C)[C@H](N)C(=O)NC1CC(=O)N(C(C)(C)C)C1.Cl. The molecule has 0 bridgehead atoms. The van der Waals surface area contributed by atoms with Crippen LogP contribution in [-0.2, 0) is 9.59 Å². The summed E-state index contributed by atoms with van der Waals surface area (Å²) in [6.45, 7) is 10.4. The van der Waals surface area contributed by atoms with E-state index in [4.69, 9.17) is 5.73 Å². The standard InChI is InChI=1S/C13H25N3O2.ClH/c1-8(2)11(14)12(18)15-9-6-10(17)16(7-9)13(3,4)5;/h8-9,11H,6-7,14H2,1-5H3,(H,15,18);1H/t9?,11-;/m0./s1. The first-order chi connectivity index (χ1) is 8.12. The van der Waals surface area contributed by atoms with Crippen LogP contribution in [0.5, 0.6) is 0 Å². The number of carbonyl (C=O) groups excluding carboxylic acids is 2. The van der Waals surface area contributed by atoms with Crippen LogP contribution in [0, 0.1) is 5.92 Å². The van der Waals surface area contributed by atoms with E-state index in [0.29, 0.717) is 13.0 Å². The minimum Gasteiger partial charge on any atom is -0.350 e. The van der Waals surface area contributed by atoms with Gasteiger partial charge in [0, 0.05) is 18.5 Å². The van der Waals surface area contributed by atoms with Crippen molar-refractivity contribution >= 4 is 24.2 Å². The summed E-state index contributed by atoms with van der Waals surface area (Å²) < 4.78 is 0. The number of hydrogen-bond acceptors (Lipinski definition) is 3. The lowest BCUT2D eigenvalue weighted by atomic mass is 10.0. The minimum atomic E-state index is -0.510. The Labute approximate surface area is 121 Å². The van der Waals surface area contributed by atoms with Crippen LogP contribution in [0.4, 0.5) is 0 Å². The van der Waals surface area contributed by atoms with E-state index in [2.05, 4.69) is 5.32 Å². The van der Waals surface area contributed by atoms with Crippen molar-refractivity contribution in [3.05, 3.63) is 0 Å². The molecule has 1 saturated heterocycles. The molecule has 0 aliphatic carbocycles. The van der Waals surface area contributed by atoms with Gasteiger partial charge in [-0.2, -0.15) is 0 Å². The Kier molecular flexibility index (Phi) is 6.29. The van der Waals surface area contributed by atoms with Gasteiger partial charge < -0.3 is 16.0 Å². The number of hydrogen-bond donors (Lipinski definition) is 2. The maximum atomic E-state index is 11.9. The number of amides is 2. The predicted molar refractivity (Wildman–Crippen MR) is 78.1 cm³/mol. The van der Waals surface area contributed by atoms with Crippen LogP contribution in [0.2, 0.25) is 0 Å². The van der Waals surface area contributed by atoms with Gasteiger partial charge in [0.1, 0.15) is 0 Å². The molecule has 0 saturated carbocycles. The fourth-order valence-corrected chi connectivity index (χ4v) is 2.05. The van der Waals surface area contributed by atoms with Gasteiger partial charge in [-0.3, -0.25) is 9.59 Å². The van der Waals surface area contributed by atoms with Crippen LogP contribution >= 0.6 is 12.4 Å². The van der Waals surface area contributed by atoms with Gasteiger partial charge in [0.25, 0.3) is 0 Å². The normalized spacial score (nSPS) is 21.3. The molecule has 1 aliphatic rings. The molecule has 6 heteroatoms. The number of halogens is 1. The Hall–Kier alpha value is -0.810. The molecule has 112 valence electrons. The second-order valence-electron chi connectivity index (χ2n) is 6.35. The van der Waals surface area contributed by atoms with Gasteiger partial charge >= 0.3 is 0 Å². The summed E-state index contributed by atoms with van der Waals surface area (Å²) in [5.74, 6) is 0.0188. The Morgan fingerprint density at radius 1 is 1.42 bits per heavy atom. The summed E-state index contributed by atoms with van der Waals surface area (Å²) in [5, 5.41) is 2.87. The summed E-state index contributed by atoms with van der Waals surface area (Å²) in [4.78, 5) is 25.5. The molecular weight excluding hydrogens is 266 g/mol. The second-order valence-corrected chi connectivity index (χ2v) is 6.35. The smallest absolute Gasteiger partial charge is 0.237 e. The molecule has 0 radical (unpaired) electrons. The monoisotopic (exact) mass is 291 g/mol. The van der Waals surface area contributed by atoms with E-state index in [1.165, 1.54) is 0 Å². The number of nitrogens with one attached hydrogen (secondary N) is 1. The highest BCUT2D eigenvalue weighted by Crippen LogP contribution is 2.21. The first-order valence-corrected chi connectivity index (χ1v) is 6.49. The van der Waals surface area contributed by atoms with E-state index in [1.54, 1.807) is 4.90 Å². The van der Waals surface area contributed by atoms with Crippen molar-refractivity contribution in [2.75, 3.05) is 6.54 Å². The summed E-state index contributed by atoms with van der Waals surface area (Å²) in [7, 11) is 0. The molecule has 0 spiro atoms. The quantitative estimate of drug-likeness (QED) is 0.811. The average molecular weight is 292 g/mol. The highest BCUT2D eigenvalue weighted by molar-refractivity contribution is 5.85. The Bertz CT molecular complexity index is 339. The van der Waals surface area contributed by atoms with Crippen molar-refractivity contribution < 1.29 is 9.59 Å². The molecule has 19 heavy (non-hydrogen) atoms. The zero-order valence-corrected chi connectivity index (χ0v) is 13.2. The van der Waals surface area contributed by atoms with Crippen molar-refractivity contribution in [1.82, 2.24) is 10.2 Å². The van der Waals surface area contributed by atoms with Gasteiger partial charge in [-0.15, -0.1) is 12.4 Å². The number of likely N-dealkylation sites (tertiary alicyclic amines) is 1. The summed E-state index contributed by atoms with van der Waals surface area (Å²) in [6.07, 6.45) is 0.369. The van der Waals surface area contributed by atoms with Gasteiger partial charge in [-0.1, -0.05) is 13.8 Å². The molecule has 5 nitrogen and oxygen atoms in total. The Morgan fingerprint density at radius 3 is 2.32 bits per heavy atom.